The third kappa shape index (κ3) is 5.59. The van der Waals surface area contributed by atoms with E-state index in [0.29, 0.717) is 11.8 Å². The minimum absolute atomic E-state index is 0.0286. The molecule has 2 fully saturated rings. The average molecular weight is 387 g/mol. The maximum absolute atomic E-state index is 14.6. The van der Waals surface area contributed by atoms with Crippen LogP contribution in [0.1, 0.15) is 108 Å². The molecule has 2 heteroatoms. The lowest BCUT2D eigenvalue weighted by Crippen LogP contribution is -2.14. The number of hydrogen-bond acceptors (Lipinski definition) is 0. The van der Waals surface area contributed by atoms with Crippen LogP contribution in [0.15, 0.2) is 12.1 Å². The molecule has 1 aromatic rings. The van der Waals surface area contributed by atoms with Gasteiger partial charge in [0.2, 0.25) is 0 Å². The molecule has 2 saturated carbocycles. The highest BCUT2D eigenvalue weighted by molar-refractivity contribution is 5.40. The highest BCUT2D eigenvalue weighted by atomic mass is 19.1. The molecule has 0 atom stereocenters. The van der Waals surface area contributed by atoms with E-state index >= 15 is 0 Å². The van der Waals surface area contributed by atoms with Gasteiger partial charge in [-0.15, -0.1) is 0 Å². The smallest absolute Gasteiger partial charge is 0.142 e. The molecular formula is C26H36F2. The van der Waals surface area contributed by atoms with Crippen molar-refractivity contribution >= 4 is 0 Å². The van der Waals surface area contributed by atoms with Crippen LogP contribution in [0.4, 0.5) is 8.78 Å². The van der Waals surface area contributed by atoms with Crippen molar-refractivity contribution in [3.8, 4) is 11.8 Å². The van der Waals surface area contributed by atoms with Crippen LogP contribution in [-0.2, 0) is 0 Å². The van der Waals surface area contributed by atoms with Crippen molar-refractivity contribution in [1.82, 2.24) is 0 Å². The third-order valence-electron chi connectivity index (χ3n) is 7.02. The van der Waals surface area contributed by atoms with Crippen molar-refractivity contribution < 1.29 is 8.78 Å². The van der Waals surface area contributed by atoms with Gasteiger partial charge in [-0.05, 0) is 86.8 Å². The Labute approximate surface area is 170 Å². The summed E-state index contributed by atoms with van der Waals surface area (Å²) in [7, 11) is 0. The molecule has 0 N–H and O–H groups in total. The molecule has 0 spiro atoms. The van der Waals surface area contributed by atoms with E-state index in [4.69, 9.17) is 0 Å². The van der Waals surface area contributed by atoms with Gasteiger partial charge in [-0.1, -0.05) is 51.4 Å². The molecule has 3 rings (SSSR count). The lowest BCUT2D eigenvalue weighted by atomic mass is 9.77. The molecule has 0 amide bonds. The zero-order valence-corrected chi connectivity index (χ0v) is 17.7. The van der Waals surface area contributed by atoms with Crippen LogP contribution in [0.3, 0.4) is 0 Å². The first kappa shape index (κ1) is 21.4. The summed E-state index contributed by atoms with van der Waals surface area (Å²) in [5.74, 6) is 7.29. The molecule has 154 valence electrons. The van der Waals surface area contributed by atoms with Gasteiger partial charge < -0.3 is 0 Å². The Balaban J connectivity index is 1.62. The van der Waals surface area contributed by atoms with E-state index in [9.17, 15) is 8.78 Å². The minimum atomic E-state index is -0.474. The minimum Gasteiger partial charge on any atom is -0.206 e. The Morgan fingerprint density at radius 1 is 0.786 bits per heavy atom. The van der Waals surface area contributed by atoms with Crippen molar-refractivity contribution in [2.75, 3.05) is 0 Å². The van der Waals surface area contributed by atoms with E-state index in [1.165, 1.54) is 51.4 Å². The Morgan fingerprint density at radius 3 is 1.79 bits per heavy atom. The summed E-state index contributed by atoms with van der Waals surface area (Å²) in [6.07, 6.45) is 14.1. The Kier molecular flexibility index (Phi) is 7.95. The monoisotopic (exact) mass is 386 g/mol. The molecule has 0 nitrogen and oxygen atoms in total. The van der Waals surface area contributed by atoms with E-state index in [1.54, 1.807) is 12.1 Å². The number of halogens is 2. The topological polar surface area (TPSA) is 0 Å². The molecule has 0 unspecified atom stereocenters. The van der Waals surface area contributed by atoms with Gasteiger partial charge in [0, 0.05) is 5.92 Å². The maximum Gasteiger partial charge on any atom is 0.142 e. The molecule has 0 radical (unpaired) electrons. The molecule has 0 saturated heterocycles. The van der Waals surface area contributed by atoms with Crippen LogP contribution in [0.2, 0.25) is 0 Å². The maximum atomic E-state index is 14.6. The molecular weight excluding hydrogens is 350 g/mol. The standard InChI is InChI=1S/C26H36F2/c1-3-5-19-7-9-21(10-8-19)13-16-24-25(27)17-23(18-26(24)28)22-14-11-20(6-4-2)12-15-22/h17-22H,3-12,14-15H2,1-2H3/t19?,20-,21?,22-. The van der Waals surface area contributed by atoms with Gasteiger partial charge in [-0.3, -0.25) is 0 Å². The Morgan fingerprint density at radius 2 is 1.29 bits per heavy atom. The second-order valence-electron chi connectivity index (χ2n) is 9.14. The van der Waals surface area contributed by atoms with Gasteiger partial charge in [0.15, 0.2) is 0 Å². The predicted octanol–water partition coefficient (Wildman–Crippen LogP) is 8.00. The van der Waals surface area contributed by atoms with Gasteiger partial charge >= 0.3 is 0 Å². The Hall–Kier alpha value is -1.36. The molecule has 0 bridgehead atoms. The second-order valence-corrected chi connectivity index (χ2v) is 9.14. The summed E-state index contributed by atoms with van der Waals surface area (Å²) in [5, 5.41) is 0. The summed E-state index contributed by atoms with van der Waals surface area (Å²) >= 11 is 0. The van der Waals surface area contributed by atoms with Crippen LogP contribution in [0, 0.1) is 41.2 Å². The van der Waals surface area contributed by atoms with E-state index in [0.717, 1.165) is 43.1 Å². The molecule has 1 aromatic carbocycles. The predicted molar refractivity (Wildman–Crippen MR) is 113 cm³/mol. The van der Waals surface area contributed by atoms with Gasteiger partial charge in [0.05, 0.1) is 5.56 Å². The van der Waals surface area contributed by atoms with Gasteiger partial charge in [-0.25, -0.2) is 8.78 Å². The number of hydrogen-bond donors (Lipinski definition) is 0. The van der Waals surface area contributed by atoms with E-state index < -0.39 is 11.6 Å². The molecule has 0 aliphatic heterocycles. The first-order valence-electron chi connectivity index (χ1n) is 11.6. The zero-order valence-electron chi connectivity index (χ0n) is 17.7. The third-order valence-corrected chi connectivity index (χ3v) is 7.02. The summed E-state index contributed by atoms with van der Waals surface area (Å²) in [6.45, 7) is 4.46. The molecule has 2 aliphatic carbocycles. The Bertz CT molecular complexity index is 657. The van der Waals surface area contributed by atoms with E-state index in [1.807, 2.05) is 0 Å². The quantitative estimate of drug-likeness (QED) is 0.450. The molecule has 0 heterocycles. The zero-order chi connectivity index (χ0) is 19.9. The van der Waals surface area contributed by atoms with Crippen LogP contribution in [0.25, 0.3) is 0 Å². The van der Waals surface area contributed by atoms with Crippen LogP contribution in [0.5, 0.6) is 0 Å². The first-order valence-corrected chi connectivity index (χ1v) is 11.6. The summed E-state index contributed by atoms with van der Waals surface area (Å²) < 4.78 is 29.3. The molecule has 0 aromatic heterocycles. The fraction of sp³-hybridized carbons (Fsp3) is 0.692. The van der Waals surface area contributed by atoms with Crippen molar-refractivity contribution in [2.45, 2.75) is 96.8 Å². The SMILES string of the molecule is CCCC1CCC(C#Cc2c(F)cc([C@H]3CC[C@H](CCC)CC3)cc2F)CC1. The van der Waals surface area contributed by atoms with Gasteiger partial charge in [0.25, 0.3) is 0 Å². The largest absolute Gasteiger partial charge is 0.206 e. The first-order chi connectivity index (χ1) is 13.6. The highest BCUT2D eigenvalue weighted by Gasteiger charge is 2.24. The summed E-state index contributed by atoms with van der Waals surface area (Å²) in [5.41, 5.74) is 0.801. The number of rotatable bonds is 5. The average Bonchev–Trinajstić information content (AvgIpc) is 2.69. The summed E-state index contributed by atoms with van der Waals surface area (Å²) in [4.78, 5) is 0. The summed E-state index contributed by atoms with van der Waals surface area (Å²) in [6, 6.07) is 3.10. The second kappa shape index (κ2) is 10.4. The molecule has 28 heavy (non-hydrogen) atoms. The van der Waals surface area contributed by atoms with Gasteiger partial charge in [-0.2, -0.15) is 0 Å². The lowest BCUT2D eigenvalue weighted by molar-refractivity contribution is 0.300. The van der Waals surface area contributed by atoms with Crippen LogP contribution in [-0.4, -0.2) is 0 Å². The normalized spacial score (nSPS) is 27.9. The van der Waals surface area contributed by atoms with Crippen molar-refractivity contribution in [2.24, 2.45) is 17.8 Å². The lowest BCUT2D eigenvalue weighted by Gasteiger charge is -2.28. The van der Waals surface area contributed by atoms with Crippen LogP contribution >= 0.6 is 0 Å². The highest BCUT2D eigenvalue weighted by Crippen LogP contribution is 2.38. The fourth-order valence-corrected chi connectivity index (χ4v) is 5.32. The number of benzene rings is 1. The van der Waals surface area contributed by atoms with Crippen molar-refractivity contribution in [3.05, 3.63) is 34.9 Å². The van der Waals surface area contributed by atoms with Crippen molar-refractivity contribution in [1.29, 1.82) is 0 Å². The van der Waals surface area contributed by atoms with E-state index in [2.05, 4.69) is 25.7 Å². The van der Waals surface area contributed by atoms with Gasteiger partial charge in [0.1, 0.15) is 11.6 Å². The van der Waals surface area contributed by atoms with E-state index in [-0.39, 0.29) is 5.56 Å². The fourth-order valence-electron chi connectivity index (χ4n) is 5.32. The van der Waals surface area contributed by atoms with Crippen molar-refractivity contribution in [3.63, 3.8) is 0 Å². The van der Waals surface area contributed by atoms with Crippen LogP contribution < -0.4 is 0 Å². The molecule has 2 aliphatic rings.